The molecule has 28 heavy (non-hydrogen) atoms. The molecule has 1 heterocycles. The van der Waals surface area contributed by atoms with Crippen molar-refractivity contribution in [2.75, 3.05) is 13.1 Å². The van der Waals surface area contributed by atoms with Crippen molar-refractivity contribution in [2.45, 2.75) is 24.3 Å². The Kier molecular flexibility index (Phi) is 5.15. The number of rotatable bonds is 5. The third-order valence-electron chi connectivity index (χ3n) is 5.01. The fourth-order valence-corrected chi connectivity index (χ4v) is 5.07. The Morgan fingerprint density at radius 1 is 0.929 bits per heavy atom. The SMILES string of the molecule is O=C(OCc1cccc2ccccc12)c1cccc(S(=O)(=O)N2CCCC2)c1. The molecule has 3 aromatic rings. The van der Waals surface area contributed by atoms with Gasteiger partial charge in [-0.25, -0.2) is 13.2 Å². The highest BCUT2D eigenvalue weighted by Gasteiger charge is 2.27. The van der Waals surface area contributed by atoms with E-state index in [1.807, 2.05) is 42.5 Å². The predicted octanol–water partition coefficient (Wildman–Crippen LogP) is 3.98. The summed E-state index contributed by atoms with van der Waals surface area (Å²) in [6.07, 6.45) is 1.73. The summed E-state index contributed by atoms with van der Waals surface area (Å²) in [5.74, 6) is -0.536. The molecule has 1 aliphatic heterocycles. The number of hydrogen-bond acceptors (Lipinski definition) is 4. The summed E-state index contributed by atoms with van der Waals surface area (Å²) < 4.78 is 32.4. The summed E-state index contributed by atoms with van der Waals surface area (Å²) in [6.45, 7) is 1.18. The molecule has 0 aromatic heterocycles. The van der Waals surface area contributed by atoms with Crippen LogP contribution in [0.5, 0.6) is 0 Å². The third kappa shape index (κ3) is 3.66. The van der Waals surface area contributed by atoms with Gasteiger partial charge < -0.3 is 4.74 Å². The number of ether oxygens (including phenoxy) is 1. The summed E-state index contributed by atoms with van der Waals surface area (Å²) in [7, 11) is -3.57. The van der Waals surface area contributed by atoms with Gasteiger partial charge in [0.05, 0.1) is 10.5 Å². The zero-order valence-corrected chi connectivity index (χ0v) is 16.2. The smallest absolute Gasteiger partial charge is 0.338 e. The molecule has 0 unspecified atom stereocenters. The highest BCUT2D eigenvalue weighted by atomic mass is 32.2. The van der Waals surface area contributed by atoms with Gasteiger partial charge in [0, 0.05) is 13.1 Å². The van der Waals surface area contributed by atoms with E-state index in [0.29, 0.717) is 13.1 Å². The molecule has 1 fully saturated rings. The van der Waals surface area contributed by atoms with Crippen LogP contribution in [0.4, 0.5) is 0 Å². The summed E-state index contributed by atoms with van der Waals surface area (Å²) in [4.78, 5) is 12.7. The first kappa shape index (κ1) is 18.7. The Balaban J connectivity index is 1.52. The van der Waals surface area contributed by atoms with Crippen molar-refractivity contribution in [3.05, 3.63) is 77.9 Å². The van der Waals surface area contributed by atoms with E-state index in [4.69, 9.17) is 4.74 Å². The second kappa shape index (κ2) is 7.73. The van der Waals surface area contributed by atoms with Gasteiger partial charge >= 0.3 is 5.97 Å². The highest BCUT2D eigenvalue weighted by Crippen LogP contribution is 2.23. The average molecular weight is 395 g/mol. The van der Waals surface area contributed by atoms with Gasteiger partial charge in [0.15, 0.2) is 0 Å². The van der Waals surface area contributed by atoms with Crippen LogP contribution in [-0.2, 0) is 21.4 Å². The van der Waals surface area contributed by atoms with Crippen LogP contribution in [0.15, 0.2) is 71.6 Å². The van der Waals surface area contributed by atoms with Crippen molar-refractivity contribution < 1.29 is 17.9 Å². The average Bonchev–Trinajstić information content (AvgIpc) is 3.28. The molecule has 0 saturated carbocycles. The molecule has 5 nitrogen and oxygen atoms in total. The lowest BCUT2D eigenvalue weighted by Crippen LogP contribution is -2.28. The summed E-state index contributed by atoms with van der Waals surface area (Å²) in [5, 5.41) is 2.11. The molecule has 0 bridgehead atoms. The van der Waals surface area contributed by atoms with E-state index < -0.39 is 16.0 Å². The number of sulfonamides is 1. The Labute approximate surface area is 164 Å². The quantitative estimate of drug-likeness (QED) is 0.613. The maximum atomic E-state index is 12.7. The maximum absolute atomic E-state index is 12.7. The predicted molar refractivity (Wildman–Crippen MR) is 108 cm³/mol. The minimum Gasteiger partial charge on any atom is -0.457 e. The van der Waals surface area contributed by atoms with E-state index in [0.717, 1.165) is 29.2 Å². The van der Waals surface area contributed by atoms with Gasteiger partial charge in [-0.3, -0.25) is 0 Å². The zero-order valence-electron chi connectivity index (χ0n) is 15.4. The molecule has 6 heteroatoms. The van der Waals surface area contributed by atoms with Gasteiger partial charge in [0.2, 0.25) is 10.0 Å². The molecule has 0 spiro atoms. The first-order valence-corrected chi connectivity index (χ1v) is 10.7. The van der Waals surface area contributed by atoms with Gasteiger partial charge in [0.1, 0.15) is 6.61 Å². The van der Waals surface area contributed by atoms with Gasteiger partial charge in [-0.05, 0) is 47.4 Å². The number of hydrogen-bond donors (Lipinski definition) is 0. The Morgan fingerprint density at radius 2 is 1.64 bits per heavy atom. The molecule has 0 atom stereocenters. The second-order valence-electron chi connectivity index (χ2n) is 6.85. The third-order valence-corrected chi connectivity index (χ3v) is 6.91. The van der Waals surface area contributed by atoms with Crippen molar-refractivity contribution in [1.82, 2.24) is 4.31 Å². The van der Waals surface area contributed by atoms with Crippen LogP contribution in [0.3, 0.4) is 0 Å². The fourth-order valence-electron chi connectivity index (χ4n) is 3.51. The van der Waals surface area contributed by atoms with Gasteiger partial charge in [-0.2, -0.15) is 4.31 Å². The lowest BCUT2D eigenvalue weighted by molar-refractivity contribution is 0.0474. The largest absolute Gasteiger partial charge is 0.457 e. The summed E-state index contributed by atoms with van der Waals surface area (Å²) in [6, 6.07) is 19.8. The minimum atomic E-state index is -3.57. The molecule has 0 aliphatic carbocycles. The Morgan fingerprint density at radius 3 is 2.46 bits per heavy atom. The molecular formula is C22H21NO4S. The van der Waals surface area contributed by atoms with E-state index in [1.54, 1.807) is 12.1 Å². The van der Waals surface area contributed by atoms with Gasteiger partial charge in [-0.15, -0.1) is 0 Å². The van der Waals surface area contributed by atoms with E-state index in [2.05, 4.69) is 0 Å². The lowest BCUT2D eigenvalue weighted by atomic mass is 10.1. The fraction of sp³-hybridized carbons (Fsp3) is 0.227. The van der Waals surface area contributed by atoms with Crippen LogP contribution in [0.25, 0.3) is 10.8 Å². The van der Waals surface area contributed by atoms with Crippen molar-refractivity contribution in [2.24, 2.45) is 0 Å². The highest BCUT2D eigenvalue weighted by molar-refractivity contribution is 7.89. The van der Waals surface area contributed by atoms with Crippen LogP contribution in [0, 0.1) is 0 Å². The van der Waals surface area contributed by atoms with Gasteiger partial charge in [0.25, 0.3) is 0 Å². The van der Waals surface area contributed by atoms with Crippen LogP contribution >= 0.6 is 0 Å². The van der Waals surface area contributed by atoms with Crippen LogP contribution in [0.1, 0.15) is 28.8 Å². The number of carbonyl (C=O) groups excluding carboxylic acids is 1. The van der Waals surface area contributed by atoms with Crippen LogP contribution in [-0.4, -0.2) is 31.8 Å². The molecule has 0 N–H and O–H groups in total. The standard InChI is InChI=1S/C22H21NO4S/c24-22(27-16-19-10-5-8-17-7-1-2-12-21(17)19)18-9-6-11-20(15-18)28(25,26)23-13-3-4-14-23/h1-2,5-12,15H,3-4,13-14,16H2. The van der Waals surface area contributed by atoms with Crippen LogP contribution in [0.2, 0.25) is 0 Å². The van der Waals surface area contributed by atoms with E-state index >= 15 is 0 Å². The van der Waals surface area contributed by atoms with Gasteiger partial charge in [-0.1, -0.05) is 48.5 Å². The lowest BCUT2D eigenvalue weighted by Gasteiger charge is -2.16. The normalized spacial score (nSPS) is 15.0. The number of benzene rings is 3. The van der Waals surface area contributed by atoms with E-state index in [-0.39, 0.29) is 17.1 Å². The van der Waals surface area contributed by atoms with Crippen LogP contribution < -0.4 is 0 Å². The molecule has 4 rings (SSSR count). The Hall–Kier alpha value is -2.70. The monoisotopic (exact) mass is 395 g/mol. The summed E-state index contributed by atoms with van der Waals surface area (Å²) >= 11 is 0. The van der Waals surface area contributed by atoms with Crippen molar-refractivity contribution in [3.8, 4) is 0 Å². The minimum absolute atomic E-state index is 0.128. The molecule has 1 aliphatic rings. The molecule has 0 radical (unpaired) electrons. The van der Waals surface area contributed by atoms with Crippen molar-refractivity contribution in [3.63, 3.8) is 0 Å². The number of nitrogens with zero attached hydrogens (tertiary/aromatic N) is 1. The first-order chi connectivity index (χ1) is 13.6. The molecule has 1 saturated heterocycles. The zero-order chi connectivity index (χ0) is 19.6. The molecule has 144 valence electrons. The van der Waals surface area contributed by atoms with E-state index in [1.165, 1.54) is 16.4 Å². The first-order valence-electron chi connectivity index (χ1n) is 9.30. The second-order valence-corrected chi connectivity index (χ2v) is 8.79. The van der Waals surface area contributed by atoms with Crippen molar-refractivity contribution in [1.29, 1.82) is 0 Å². The number of esters is 1. The maximum Gasteiger partial charge on any atom is 0.338 e. The molecule has 0 amide bonds. The van der Waals surface area contributed by atoms with Crippen molar-refractivity contribution >= 4 is 26.8 Å². The van der Waals surface area contributed by atoms with E-state index in [9.17, 15) is 13.2 Å². The Bertz CT molecular complexity index is 1110. The number of fused-ring (bicyclic) bond motifs is 1. The topological polar surface area (TPSA) is 63.7 Å². The number of carbonyl (C=O) groups is 1. The molecular weight excluding hydrogens is 374 g/mol. The summed E-state index contributed by atoms with van der Waals surface area (Å²) in [5.41, 5.74) is 1.15. The molecule has 3 aromatic carbocycles.